The third-order valence-corrected chi connectivity index (χ3v) is 7.57. The van der Waals surface area contributed by atoms with Gasteiger partial charge in [-0.3, -0.25) is 14.4 Å². The van der Waals surface area contributed by atoms with Crippen molar-refractivity contribution in [1.82, 2.24) is 10.6 Å². The number of rotatable bonds is 11. The second-order valence-electron chi connectivity index (χ2n) is 10.2. The number of aliphatic carboxylic acids is 2. The highest BCUT2D eigenvalue weighted by molar-refractivity contribution is 6.33. The number of carbonyl (C=O) groups excluding carboxylic acids is 1. The van der Waals surface area contributed by atoms with Gasteiger partial charge in [-0.1, -0.05) is 60.1 Å². The summed E-state index contributed by atoms with van der Waals surface area (Å²) >= 11 is 6.58. The average molecular weight is 564 g/mol. The molecule has 0 aliphatic carbocycles. The molecule has 0 aromatic heterocycles. The molecule has 1 heterocycles. The molecule has 9 heteroatoms. The molecule has 40 heavy (non-hydrogen) atoms. The maximum absolute atomic E-state index is 12.7. The summed E-state index contributed by atoms with van der Waals surface area (Å²) < 4.78 is 0. The van der Waals surface area contributed by atoms with E-state index in [0.29, 0.717) is 42.3 Å². The van der Waals surface area contributed by atoms with Gasteiger partial charge in [-0.05, 0) is 66.8 Å². The highest BCUT2D eigenvalue weighted by Crippen LogP contribution is 2.38. The molecular formula is C31H34ClN3O5. The van der Waals surface area contributed by atoms with E-state index in [-0.39, 0.29) is 11.9 Å². The van der Waals surface area contributed by atoms with E-state index >= 15 is 0 Å². The third kappa shape index (κ3) is 7.40. The van der Waals surface area contributed by atoms with Gasteiger partial charge >= 0.3 is 11.9 Å². The van der Waals surface area contributed by atoms with Crippen LogP contribution in [0.15, 0.2) is 66.7 Å². The zero-order chi connectivity index (χ0) is 28.6. The molecule has 0 saturated heterocycles. The van der Waals surface area contributed by atoms with E-state index in [1.807, 2.05) is 55.5 Å². The summed E-state index contributed by atoms with van der Waals surface area (Å²) in [5.74, 6) is -3.98. The predicted octanol–water partition coefficient (Wildman–Crippen LogP) is 4.72. The summed E-state index contributed by atoms with van der Waals surface area (Å²) in [5.41, 5.74) is 5.08. The quantitative estimate of drug-likeness (QED) is 0.228. The summed E-state index contributed by atoms with van der Waals surface area (Å²) in [5, 5.41) is 29.3. The molecule has 0 spiro atoms. The van der Waals surface area contributed by atoms with Gasteiger partial charge in [0.05, 0.1) is 23.0 Å². The van der Waals surface area contributed by atoms with Crippen LogP contribution in [0.5, 0.6) is 0 Å². The molecule has 1 amide bonds. The topological polar surface area (TPSA) is 128 Å². The molecule has 0 radical (unpaired) electrons. The lowest BCUT2D eigenvalue weighted by Crippen LogP contribution is -2.34. The van der Waals surface area contributed by atoms with Crippen molar-refractivity contribution >= 4 is 35.1 Å². The minimum Gasteiger partial charge on any atom is -0.481 e. The fourth-order valence-electron chi connectivity index (χ4n) is 5.26. The molecule has 5 N–H and O–H groups in total. The molecule has 0 bridgehead atoms. The molecule has 8 nitrogen and oxygen atoms in total. The number of halogens is 1. The zero-order valence-electron chi connectivity index (χ0n) is 22.3. The highest BCUT2D eigenvalue weighted by Gasteiger charge is 2.34. The van der Waals surface area contributed by atoms with Crippen molar-refractivity contribution in [1.29, 1.82) is 0 Å². The minimum atomic E-state index is -1.15. The predicted molar refractivity (Wildman–Crippen MR) is 155 cm³/mol. The Morgan fingerprint density at radius 1 is 1.00 bits per heavy atom. The Morgan fingerprint density at radius 3 is 2.40 bits per heavy atom. The average Bonchev–Trinajstić information content (AvgIpc) is 3.14. The molecular weight excluding hydrogens is 530 g/mol. The van der Waals surface area contributed by atoms with Crippen LogP contribution >= 0.6 is 11.6 Å². The van der Waals surface area contributed by atoms with Crippen molar-refractivity contribution in [3.8, 4) is 0 Å². The van der Waals surface area contributed by atoms with Crippen molar-refractivity contribution in [2.24, 2.45) is 5.92 Å². The Hall–Kier alpha value is -3.88. The molecule has 3 aromatic rings. The van der Waals surface area contributed by atoms with E-state index < -0.39 is 30.2 Å². The van der Waals surface area contributed by atoms with Gasteiger partial charge in [0, 0.05) is 30.6 Å². The van der Waals surface area contributed by atoms with Crippen molar-refractivity contribution in [3.63, 3.8) is 0 Å². The maximum atomic E-state index is 12.7. The van der Waals surface area contributed by atoms with Crippen molar-refractivity contribution in [2.75, 3.05) is 18.4 Å². The van der Waals surface area contributed by atoms with Crippen LogP contribution in [0.25, 0.3) is 0 Å². The molecule has 1 aliphatic rings. The first-order valence-electron chi connectivity index (χ1n) is 13.4. The summed E-state index contributed by atoms with van der Waals surface area (Å²) in [6, 6.07) is 20.9. The SMILES string of the molecule is CC(Cc1ccccc1)NC(=O)c1ccc(CNc2c(Cl)ccc3c2CCNCC3C(CC(=O)O)C(=O)O)cc1. The van der Waals surface area contributed by atoms with Gasteiger partial charge in [-0.15, -0.1) is 0 Å². The number of fused-ring (bicyclic) bond motifs is 1. The number of carbonyl (C=O) groups is 3. The van der Waals surface area contributed by atoms with Gasteiger partial charge in [0.1, 0.15) is 0 Å². The van der Waals surface area contributed by atoms with Crippen LogP contribution < -0.4 is 16.0 Å². The van der Waals surface area contributed by atoms with Crippen LogP contribution in [0.1, 0.15) is 51.9 Å². The molecule has 0 fully saturated rings. The van der Waals surface area contributed by atoms with Gasteiger partial charge in [-0.2, -0.15) is 0 Å². The second kappa shape index (κ2) is 13.5. The fourth-order valence-corrected chi connectivity index (χ4v) is 5.51. The van der Waals surface area contributed by atoms with Crippen LogP contribution in [0.2, 0.25) is 5.02 Å². The van der Waals surface area contributed by atoms with Gasteiger partial charge in [0.15, 0.2) is 0 Å². The van der Waals surface area contributed by atoms with Gasteiger partial charge in [-0.25, -0.2) is 0 Å². The monoisotopic (exact) mass is 563 g/mol. The van der Waals surface area contributed by atoms with Crippen LogP contribution in [0.3, 0.4) is 0 Å². The van der Waals surface area contributed by atoms with Crippen LogP contribution in [-0.4, -0.2) is 47.2 Å². The summed E-state index contributed by atoms with van der Waals surface area (Å²) in [6.07, 6.45) is 0.905. The highest BCUT2D eigenvalue weighted by atomic mass is 35.5. The molecule has 3 unspecified atom stereocenters. The Morgan fingerprint density at radius 2 is 1.73 bits per heavy atom. The van der Waals surface area contributed by atoms with Crippen molar-refractivity contribution in [3.05, 3.63) is 99.6 Å². The van der Waals surface area contributed by atoms with E-state index in [2.05, 4.69) is 16.0 Å². The molecule has 210 valence electrons. The lowest BCUT2D eigenvalue weighted by molar-refractivity contribution is -0.149. The minimum absolute atomic E-state index is 0.0127. The first-order chi connectivity index (χ1) is 19.2. The van der Waals surface area contributed by atoms with E-state index in [1.54, 1.807) is 18.2 Å². The van der Waals surface area contributed by atoms with E-state index in [0.717, 1.165) is 28.7 Å². The normalized spacial score (nSPS) is 16.2. The maximum Gasteiger partial charge on any atom is 0.307 e. The molecule has 3 atom stereocenters. The summed E-state index contributed by atoms with van der Waals surface area (Å²) in [7, 11) is 0. The number of nitrogens with one attached hydrogen (secondary N) is 3. The molecule has 1 aliphatic heterocycles. The van der Waals surface area contributed by atoms with E-state index in [4.69, 9.17) is 11.6 Å². The fraction of sp³-hybridized carbons (Fsp3) is 0.323. The Kier molecular flexibility index (Phi) is 9.79. The lowest BCUT2D eigenvalue weighted by Gasteiger charge is -2.25. The number of hydrogen-bond acceptors (Lipinski definition) is 5. The lowest BCUT2D eigenvalue weighted by atomic mass is 9.81. The van der Waals surface area contributed by atoms with Gasteiger partial charge < -0.3 is 26.2 Å². The Balaban J connectivity index is 1.45. The number of benzene rings is 3. The van der Waals surface area contributed by atoms with Crippen molar-refractivity contribution < 1.29 is 24.6 Å². The molecule has 3 aromatic carbocycles. The smallest absolute Gasteiger partial charge is 0.307 e. The standard InChI is InChI=1S/C31H34ClN3O5/c1-19(15-20-5-3-2-4-6-20)35-30(38)22-9-7-21(8-10-22)17-34-29-24-13-14-33-18-26(23(24)11-12-27(29)32)25(31(39)40)16-28(36)37/h2-12,19,25-26,33-34H,13-18H2,1H3,(H,35,38)(H,36,37)(H,39,40). The van der Waals surface area contributed by atoms with Crippen LogP contribution in [-0.2, 0) is 29.0 Å². The van der Waals surface area contributed by atoms with Gasteiger partial charge in [0.25, 0.3) is 5.91 Å². The summed E-state index contributed by atoms with van der Waals surface area (Å²) in [6.45, 7) is 3.41. The first-order valence-corrected chi connectivity index (χ1v) is 13.7. The number of amides is 1. The number of carboxylic acids is 2. The Labute approximate surface area is 238 Å². The van der Waals surface area contributed by atoms with E-state index in [1.165, 1.54) is 0 Å². The number of carboxylic acid groups (broad SMARTS) is 2. The summed E-state index contributed by atoms with van der Waals surface area (Å²) in [4.78, 5) is 36.1. The number of hydrogen-bond donors (Lipinski definition) is 5. The molecule has 4 rings (SSSR count). The second-order valence-corrected chi connectivity index (χ2v) is 10.6. The van der Waals surface area contributed by atoms with Crippen LogP contribution in [0, 0.1) is 5.92 Å². The van der Waals surface area contributed by atoms with Gasteiger partial charge in [0.2, 0.25) is 0 Å². The third-order valence-electron chi connectivity index (χ3n) is 7.26. The zero-order valence-corrected chi connectivity index (χ0v) is 23.1. The van der Waals surface area contributed by atoms with E-state index in [9.17, 15) is 24.6 Å². The Bertz CT molecular complexity index is 1350. The largest absolute Gasteiger partial charge is 0.481 e. The first kappa shape index (κ1) is 29.1. The number of anilines is 1. The molecule has 0 saturated carbocycles. The van der Waals surface area contributed by atoms with Crippen molar-refractivity contribution in [2.45, 2.75) is 44.7 Å². The van der Waals surface area contributed by atoms with Crippen LogP contribution in [0.4, 0.5) is 5.69 Å².